The van der Waals surface area contributed by atoms with E-state index >= 15 is 0 Å². The summed E-state index contributed by atoms with van der Waals surface area (Å²) < 4.78 is 0. The van der Waals surface area contributed by atoms with Gasteiger partial charge in [0.2, 0.25) is 0 Å². The van der Waals surface area contributed by atoms with Gasteiger partial charge in [-0.25, -0.2) is 0 Å². The Morgan fingerprint density at radius 2 is 2.06 bits per heavy atom. The van der Waals surface area contributed by atoms with E-state index in [-0.39, 0.29) is 11.8 Å². The van der Waals surface area contributed by atoms with Gasteiger partial charge in [0, 0.05) is 0 Å². The lowest BCUT2D eigenvalue weighted by Crippen LogP contribution is -2.27. The summed E-state index contributed by atoms with van der Waals surface area (Å²) in [7, 11) is 0. The van der Waals surface area contributed by atoms with Gasteiger partial charge in [-0.1, -0.05) is 25.0 Å². The van der Waals surface area contributed by atoms with Crippen molar-refractivity contribution in [1.82, 2.24) is 0 Å². The first kappa shape index (κ1) is 11.3. The number of hydrogen-bond donors (Lipinski definition) is 1. The van der Waals surface area contributed by atoms with Crippen LogP contribution in [0.1, 0.15) is 32.1 Å². The molecule has 0 aromatic heterocycles. The minimum Gasteiger partial charge on any atom is -0.397 e. The monoisotopic (exact) mass is 243 g/mol. The Kier molecular flexibility index (Phi) is 2.78. The molecule has 4 nitrogen and oxygen atoms in total. The first-order valence-corrected chi connectivity index (χ1v) is 6.53. The first-order chi connectivity index (χ1) is 8.77. The average Bonchev–Trinajstić information content (AvgIpc) is 2.56. The van der Waals surface area contributed by atoms with E-state index in [1.54, 1.807) is 6.07 Å². The van der Waals surface area contributed by atoms with E-state index in [9.17, 15) is 4.79 Å². The van der Waals surface area contributed by atoms with E-state index in [1.807, 2.05) is 18.2 Å². The Bertz CT molecular complexity index is 510. The fraction of sp³-hybridized carbons (Fsp3) is 0.429. The molecule has 1 amide bonds. The summed E-state index contributed by atoms with van der Waals surface area (Å²) in [4.78, 5) is 12.4. The summed E-state index contributed by atoms with van der Waals surface area (Å²) in [6.07, 6.45) is 5.34. The molecule has 1 aromatic carbocycles. The third-order valence-corrected chi connectivity index (χ3v) is 3.73. The van der Waals surface area contributed by atoms with Crippen molar-refractivity contribution < 1.29 is 4.79 Å². The van der Waals surface area contributed by atoms with Crippen molar-refractivity contribution in [1.29, 1.82) is 0 Å². The smallest absolute Gasteiger partial charge is 0.256 e. The van der Waals surface area contributed by atoms with Gasteiger partial charge in [-0.05, 0) is 31.4 Å². The molecule has 1 atom stereocenters. The lowest BCUT2D eigenvalue weighted by atomic mass is 9.98. The molecule has 0 saturated heterocycles. The molecule has 2 N–H and O–H groups in total. The number of benzene rings is 1. The number of rotatable bonds is 1. The molecule has 94 valence electrons. The summed E-state index contributed by atoms with van der Waals surface area (Å²) in [6, 6.07) is 7.40. The minimum atomic E-state index is -0.00731. The Morgan fingerprint density at radius 1 is 1.22 bits per heavy atom. The van der Waals surface area contributed by atoms with Crippen molar-refractivity contribution in [2.45, 2.75) is 32.1 Å². The minimum absolute atomic E-state index is 0.00731. The summed E-state index contributed by atoms with van der Waals surface area (Å²) in [5, 5.41) is 6.00. The molecule has 0 bridgehead atoms. The zero-order valence-corrected chi connectivity index (χ0v) is 10.3. The highest BCUT2D eigenvalue weighted by Crippen LogP contribution is 2.33. The van der Waals surface area contributed by atoms with Crippen molar-refractivity contribution in [3.63, 3.8) is 0 Å². The summed E-state index contributed by atoms with van der Waals surface area (Å²) >= 11 is 0. The molecule has 1 aromatic rings. The number of hydrazone groups is 1. The third-order valence-electron chi connectivity index (χ3n) is 3.73. The lowest BCUT2D eigenvalue weighted by molar-refractivity contribution is -0.119. The second kappa shape index (κ2) is 4.44. The van der Waals surface area contributed by atoms with Crippen molar-refractivity contribution >= 4 is 23.0 Å². The maximum absolute atomic E-state index is 12.4. The molecule has 1 aliphatic carbocycles. The van der Waals surface area contributed by atoms with Crippen LogP contribution in [0.5, 0.6) is 0 Å². The van der Waals surface area contributed by atoms with E-state index in [2.05, 4.69) is 5.10 Å². The molecular weight excluding hydrogens is 226 g/mol. The van der Waals surface area contributed by atoms with Crippen LogP contribution in [0.3, 0.4) is 0 Å². The molecule has 1 fully saturated rings. The standard InChI is InChI=1S/C14H17N3O/c15-11-7-4-5-9-13(11)17-14(18)10-6-2-1-3-8-12(10)16-17/h4-5,7,9-10H,1-3,6,8,15H2. The van der Waals surface area contributed by atoms with E-state index in [4.69, 9.17) is 5.73 Å². The number of para-hydroxylation sites is 2. The summed E-state index contributed by atoms with van der Waals surface area (Å²) in [5.41, 5.74) is 8.28. The predicted octanol–water partition coefficient (Wildman–Crippen LogP) is 2.55. The number of carbonyl (C=O) groups is 1. The SMILES string of the molecule is Nc1ccccc1N1N=C2CCCCCC2C1=O. The second-order valence-corrected chi connectivity index (χ2v) is 4.95. The van der Waals surface area contributed by atoms with Gasteiger partial charge in [0.25, 0.3) is 5.91 Å². The highest BCUT2D eigenvalue weighted by molar-refractivity contribution is 6.16. The molecule has 1 heterocycles. The fourth-order valence-corrected chi connectivity index (χ4v) is 2.74. The zero-order valence-electron chi connectivity index (χ0n) is 10.3. The Hall–Kier alpha value is -1.84. The summed E-state index contributed by atoms with van der Waals surface area (Å²) in [5.74, 6) is 0.0805. The topological polar surface area (TPSA) is 58.7 Å². The highest BCUT2D eigenvalue weighted by Gasteiger charge is 2.37. The number of carbonyl (C=O) groups excluding carboxylic acids is 1. The van der Waals surface area contributed by atoms with Crippen molar-refractivity contribution in [3.8, 4) is 0 Å². The van der Waals surface area contributed by atoms with E-state index in [0.29, 0.717) is 11.4 Å². The third kappa shape index (κ3) is 1.78. The van der Waals surface area contributed by atoms with Crippen molar-refractivity contribution in [3.05, 3.63) is 24.3 Å². The van der Waals surface area contributed by atoms with Gasteiger partial charge in [0.15, 0.2) is 0 Å². The van der Waals surface area contributed by atoms with Crippen LogP contribution in [0.2, 0.25) is 0 Å². The Morgan fingerprint density at radius 3 is 2.89 bits per heavy atom. The molecule has 2 aliphatic rings. The largest absolute Gasteiger partial charge is 0.397 e. The molecule has 18 heavy (non-hydrogen) atoms. The quantitative estimate of drug-likeness (QED) is 0.770. The fourth-order valence-electron chi connectivity index (χ4n) is 2.74. The zero-order chi connectivity index (χ0) is 12.5. The van der Waals surface area contributed by atoms with E-state index in [0.717, 1.165) is 31.4 Å². The van der Waals surface area contributed by atoms with Gasteiger partial charge in [0.1, 0.15) is 0 Å². The molecular formula is C14H17N3O. The number of fused-ring (bicyclic) bond motifs is 1. The maximum Gasteiger partial charge on any atom is 0.256 e. The number of hydrogen-bond acceptors (Lipinski definition) is 3. The van der Waals surface area contributed by atoms with Crippen LogP contribution >= 0.6 is 0 Å². The van der Waals surface area contributed by atoms with Crippen molar-refractivity contribution in [2.75, 3.05) is 10.7 Å². The average molecular weight is 243 g/mol. The highest BCUT2D eigenvalue weighted by atomic mass is 16.2. The van der Waals surface area contributed by atoms with Crippen LogP contribution < -0.4 is 10.7 Å². The van der Waals surface area contributed by atoms with Gasteiger partial charge in [-0.2, -0.15) is 10.1 Å². The van der Waals surface area contributed by atoms with Crippen LogP contribution in [-0.2, 0) is 4.79 Å². The normalized spacial score (nSPS) is 23.6. The number of amides is 1. The molecule has 1 saturated carbocycles. The maximum atomic E-state index is 12.4. The number of anilines is 2. The number of nitrogens with zero attached hydrogens (tertiary/aromatic N) is 2. The van der Waals surface area contributed by atoms with Gasteiger partial charge in [0.05, 0.1) is 23.0 Å². The number of nitrogens with two attached hydrogens (primary N) is 1. The van der Waals surface area contributed by atoms with Crippen LogP contribution in [0.4, 0.5) is 11.4 Å². The molecule has 3 rings (SSSR count). The molecule has 0 spiro atoms. The molecule has 4 heteroatoms. The van der Waals surface area contributed by atoms with Crippen molar-refractivity contribution in [2.24, 2.45) is 11.0 Å². The number of nitrogen functional groups attached to an aromatic ring is 1. The Labute approximate surface area is 106 Å². The second-order valence-electron chi connectivity index (χ2n) is 4.95. The van der Waals surface area contributed by atoms with Gasteiger partial charge in [-0.15, -0.1) is 0 Å². The lowest BCUT2D eigenvalue weighted by Gasteiger charge is -2.15. The summed E-state index contributed by atoms with van der Waals surface area (Å²) in [6.45, 7) is 0. The van der Waals surface area contributed by atoms with E-state index in [1.165, 1.54) is 11.4 Å². The molecule has 1 unspecified atom stereocenters. The first-order valence-electron chi connectivity index (χ1n) is 6.53. The van der Waals surface area contributed by atoms with Crippen LogP contribution in [0, 0.1) is 5.92 Å². The van der Waals surface area contributed by atoms with Crippen LogP contribution in [0.15, 0.2) is 29.4 Å². The van der Waals surface area contributed by atoms with E-state index < -0.39 is 0 Å². The Balaban J connectivity index is 1.95. The predicted molar refractivity (Wildman–Crippen MR) is 72.4 cm³/mol. The van der Waals surface area contributed by atoms with Gasteiger partial charge < -0.3 is 5.73 Å². The van der Waals surface area contributed by atoms with Gasteiger partial charge >= 0.3 is 0 Å². The molecule has 0 radical (unpaired) electrons. The van der Waals surface area contributed by atoms with Gasteiger partial charge in [-0.3, -0.25) is 4.79 Å². The van der Waals surface area contributed by atoms with Crippen LogP contribution in [-0.4, -0.2) is 11.6 Å². The molecule has 1 aliphatic heterocycles. The van der Waals surface area contributed by atoms with Crippen LogP contribution in [0.25, 0.3) is 0 Å².